The zero-order valence-electron chi connectivity index (χ0n) is 10.5. The van der Waals surface area contributed by atoms with Gasteiger partial charge in [0.15, 0.2) is 0 Å². The van der Waals surface area contributed by atoms with Gasteiger partial charge >= 0.3 is 0 Å². The molecule has 19 heavy (non-hydrogen) atoms. The lowest BCUT2D eigenvalue weighted by molar-refractivity contribution is 0.569. The molecule has 2 aromatic rings. The monoisotopic (exact) mass is 264 g/mol. The summed E-state index contributed by atoms with van der Waals surface area (Å²) in [6.07, 6.45) is 1.98. The lowest BCUT2D eigenvalue weighted by Crippen LogP contribution is -1.86. The first-order valence-corrected chi connectivity index (χ1v) is 7.03. The lowest BCUT2D eigenvalue weighted by Gasteiger charge is -2.03. The van der Waals surface area contributed by atoms with Crippen LogP contribution in [0.4, 0.5) is 0 Å². The van der Waals surface area contributed by atoms with Gasteiger partial charge in [0.1, 0.15) is 11.5 Å². The van der Waals surface area contributed by atoms with Crippen molar-refractivity contribution in [3.63, 3.8) is 0 Å². The third-order valence-corrected chi connectivity index (χ3v) is 3.38. The average molecular weight is 264 g/mol. The maximum absolute atomic E-state index is 11.1. The van der Waals surface area contributed by atoms with Crippen LogP contribution in [0.1, 0.15) is 11.1 Å². The summed E-state index contributed by atoms with van der Waals surface area (Å²) in [5.41, 5.74) is 2.12. The van der Waals surface area contributed by atoms with Gasteiger partial charge in [-0.1, -0.05) is 42.3 Å². The van der Waals surface area contributed by atoms with Crippen LogP contribution in [0, 0.1) is 11.8 Å². The average Bonchev–Trinajstić information content (AvgIpc) is 2.49. The van der Waals surface area contributed by atoms with Gasteiger partial charge in [0, 0.05) is 16.0 Å². The van der Waals surface area contributed by atoms with Crippen LogP contribution in [0.5, 0.6) is 0 Å². The Morgan fingerprint density at radius 2 is 1.68 bits per heavy atom. The number of rotatable bonds is 2. The number of carbonyl (C=O) groups excluding carboxylic acids is 1. The molecule has 0 atom stereocenters. The van der Waals surface area contributed by atoms with Crippen molar-refractivity contribution in [1.82, 2.24) is 0 Å². The first-order chi connectivity index (χ1) is 9.35. The summed E-state index contributed by atoms with van der Waals surface area (Å²) in [5, 5.41) is 0. The third kappa shape index (κ3) is 3.39. The van der Waals surface area contributed by atoms with E-state index in [-0.39, 0.29) is 0 Å². The fourth-order valence-electron chi connectivity index (χ4n) is 1.66. The van der Waals surface area contributed by atoms with Crippen LogP contribution in [0.25, 0.3) is 5.57 Å². The Labute approximate surface area is 117 Å². The predicted molar refractivity (Wildman–Crippen MR) is 80.6 cm³/mol. The van der Waals surface area contributed by atoms with E-state index in [1.807, 2.05) is 66.8 Å². The standard InChI is InChI=1S/C17H12OS/c1-19-17-10-6-5-9-16(17)15(13-18)12-11-14-7-3-2-4-8-14/h2-10H,1H3. The minimum Gasteiger partial charge on any atom is -0.232 e. The molecule has 0 amide bonds. The molecule has 0 saturated carbocycles. The molecule has 1 nitrogen and oxygen atoms in total. The van der Waals surface area contributed by atoms with Crippen LogP contribution in [0.15, 0.2) is 59.5 Å². The van der Waals surface area contributed by atoms with Gasteiger partial charge in [-0.3, -0.25) is 0 Å². The van der Waals surface area contributed by atoms with Crippen molar-refractivity contribution in [1.29, 1.82) is 0 Å². The number of thioether (sulfide) groups is 1. The summed E-state index contributed by atoms with van der Waals surface area (Å²) >= 11 is 1.59. The lowest BCUT2D eigenvalue weighted by atomic mass is 10.1. The first kappa shape index (κ1) is 13.2. The van der Waals surface area contributed by atoms with Crippen molar-refractivity contribution in [2.75, 3.05) is 6.26 Å². The molecule has 0 N–H and O–H groups in total. The van der Waals surface area contributed by atoms with Crippen molar-refractivity contribution >= 4 is 23.3 Å². The van der Waals surface area contributed by atoms with Crippen LogP contribution in [0.2, 0.25) is 0 Å². The van der Waals surface area contributed by atoms with E-state index in [0.29, 0.717) is 5.57 Å². The summed E-state index contributed by atoms with van der Waals surface area (Å²) in [6.45, 7) is 0. The van der Waals surface area contributed by atoms with Crippen molar-refractivity contribution in [2.45, 2.75) is 4.90 Å². The van der Waals surface area contributed by atoms with Gasteiger partial charge in [-0.25, -0.2) is 4.79 Å². The molecule has 0 saturated heterocycles. The summed E-state index contributed by atoms with van der Waals surface area (Å²) in [7, 11) is 0. The van der Waals surface area contributed by atoms with Crippen LogP contribution in [-0.4, -0.2) is 12.2 Å². The molecule has 2 heteroatoms. The number of hydrogen-bond acceptors (Lipinski definition) is 2. The molecule has 0 aliphatic carbocycles. The molecule has 0 aliphatic rings. The highest BCUT2D eigenvalue weighted by Crippen LogP contribution is 2.24. The topological polar surface area (TPSA) is 17.1 Å². The maximum Gasteiger partial charge on any atom is 0.142 e. The minimum absolute atomic E-state index is 0.397. The highest BCUT2D eigenvalue weighted by molar-refractivity contribution is 7.98. The van der Waals surface area contributed by atoms with Crippen LogP contribution >= 0.6 is 11.8 Å². The van der Waals surface area contributed by atoms with E-state index in [4.69, 9.17) is 0 Å². The molecular formula is C17H12OS. The van der Waals surface area contributed by atoms with Gasteiger partial charge in [-0.15, -0.1) is 11.8 Å². The van der Waals surface area contributed by atoms with E-state index in [0.717, 1.165) is 16.0 Å². The predicted octanol–water partition coefficient (Wildman–Crippen LogP) is 3.68. The zero-order valence-corrected chi connectivity index (χ0v) is 11.3. The molecule has 0 aromatic heterocycles. The molecule has 0 radical (unpaired) electrons. The molecule has 92 valence electrons. The molecular weight excluding hydrogens is 252 g/mol. The Balaban J connectivity index is 2.38. The van der Waals surface area contributed by atoms with Crippen molar-refractivity contribution in [2.24, 2.45) is 0 Å². The second kappa shape index (κ2) is 6.66. The highest BCUT2D eigenvalue weighted by atomic mass is 32.2. The molecule has 0 aliphatic heterocycles. The number of benzene rings is 2. The Morgan fingerprint density at radius 1 is 1.00 bits per heavy atom. The summed E-state index contributed by atoms with van der Waals surface area (Å²) in [5.74, 6) is 7.84. The van der Waals surface area contributed by atoms with Crippen LogP contribution in [0.3, 0.4) is 0 Å². The molecule has 0 heterocycles. The van der Waals surface area contributed by atoms with Crippen LogP contribution < -0.4 is 0 Å². The molecule has 0 unspecified atom stereocenters. The van der Waals surface area contributed by atoms with Gasteiger partial charge < -0.3 is 0 Å². The summed E-state index contributed by atoms with van der Waals surface area (Å²) < 4.78 is 0. The largest absolute Gasteiger partial charge is 0.232 e. The Bertz CT molecular complexity index is 671. The SMILES string of the molecule is CSc1ccccc1C(=C=O)C#Cc1ccccc1. The van der Waals surface area contributed by atoms with Crippen LogP contribution in [-0.2, 0) is 4.79 Å². The smallest absolute Gasteiger partial charge is 0.142 e. The van der Waals surface area contributed by atoms with Crippen molar-refractivity contribution < 1.29 is 4.79 Å². The van der Waals surface area contributed by atoms with Crippen molar-refractivity contribution in [3.8, 4) is 11.8 Å². The Kier molecular flexibility index (Phi) is 4.64. The van der Waals surface area contributed by atoms with Gasteiger partial charge in [0.2, 0.25) is 0 Å². The zero-order chi connectivity index (χ0) is 13.5. The fourth-order valence-corrected chi connectivity index (χ4v) is 2.26. The minimum atomic E-state index is 0.397. The Morgan fingerprint density at radius 3 is 2.37 bits per heavy atom. The van der Waals surface area contributed by atoms with Gasteiger partial charge in [-0.05, 0) is 30.4 Å². The van der Waals surface area contributed by atoms with Gasteiger partial charge in [0.05, 0.1) is 0 Å². The second-order valence-corrected chi connectivity index (χ2v) is 4.64. The molecule has 2 rings (SSSR count). The highest BCUT2D eigenvalue weighted by Gasteiger charge is 2.05. The normalized spacial score (nSPS) is 9.11. The van der Waals surface area contributed by atoms with Gasteiger partial charge in [-0.2, -0.15) is 0 Å². The summed E-state index contributed by atoms with van der Waals surface area (Å²) in [6, 6.07) is 17.3. The first-order valence-electron chi connectivity index (χ1n) is 5.80. The Hall–Kier alpha value is -2.20. The second-order valence-electron chi connectivity index (χ2n) is 3.79. The van der Waals surface area contributed by atoms with E-state index in [9.17, 15) is 4.79 Å². The quantitative estimate of drug-likeness (QED) is 0.467. The van der Waals surface area contributed by atoms with E-state index < -0.39 is 0 Å². The van der Waals surface area contributed by atoms with E-state index in [2.05, 4.69) is 11.8 Å². The fraction of sp³-hybridized carbons (Fsp3) is 0.0588. The van der Waals surface area contributed by atoms with E-state index in [1.165, 1.54) is 0 Å². The van der Waals surface area contributed by atoms with E-state index in [1.54, 1.807) is 11.8 Å². The molecule has 0 fully saturated rings. The number of hydrogen-bond donors (Lipinski definition) is 0. The third-order valence-electron chi connectivity index (χ3n) is 2.58. The number of allylic oxidation sites excluding steroid dienone is 1. The van der Waals surface area contributed by atoms with Crippen molar-refractivity contribution in [3.05, 3.63) is 65.7 Å². The molecule has 2 aromatic carbocycles. The molecule has 0 spiro atoms. The maximum atomic E-state index is 11.1. The molecule has 0 bridgehead atoms. The summed E-state index contributed by atoms with van der Waals surface area (Å²) in [4.78, 5) is 12.2. The van der Waals surface area contributed by atoms with E-state index >= 15 is 0 Å². The van der Waals surface area contributed by atoms with Gasteiger partial charge in [0.25, 0.3) is 0 Å².